The van der Waals surface area contributed by atoms with Gasteiger partial charge >= 0.3 is 0 Å². The van der Waals surface area contributed by atoms with Crippen molar-refractivity contribution < 1.29 is 4.79 Å². The Kier molecular flexibility index (Phi) is 4.97. The number of rotatable bonds is 4. The van der Waals surface area contributed by atoms with E-state index in [0.717, 1.165) is 18.5 Å². The van der Waals surface area contributed by atoms with E-state index in [9.17, 15) is 4.79 Å². The summed E-state index contributed by atoms with van der Waals surface area (Å²) in [5.74, 6) is 0.162. The van der Waals surface area contributed by atoms with Gasteiger partial charge in [-0.25, -0.2) is 0 Å². The number of amides is 1. The van der Waals surface area contributed by atoms with Gasteiger partial charge in [-0.05, 0) is 38.9 Å². The van der Waals surface area contributed by atoms with Crippen LogP contribution in [0.25, 0.3) is 0 Å². The number of piperidine rings is 1. The van der Waals surface area contributed by atoms with Gasteiger partial charge in [0, 0.05) is 12.5 Å². The first kappa shape index (κ1) is 14.1. The lowest BCUT2D eigenvalue weighted by Gasteiger charge is -2.32. The van der Waals surface area contributed by atoms with E-state index in [2.05, 4.69) is 29.4 Å². The molecule has 3 nitrogen and oxygen atoms in total. The standard InChI is InChI=1S/C16H24N2O/c1-13(14-8-4-3-5-9-14)17-16(19)12-15-10-6-7-11-18(15)2/h3-5,8-9,13,15H,6-7,10-12H2,1-2H3,(H,17,19). The number of nitrogens with zero attached hydrogens (tertiary/aromatic N) is 1. The van der Waals surface area contributed by atoms with Crippen molar-refractivity contribution >= 4 is 5.91 Å². The SMILES string of the molecule is CC(NC(=O)CC1CCCCN1C)c1ccccc1. The zero-order valence-corrected chi connectivity index (χ0v) is 11.9. The molecule has 19 heavy (non-hydrogen) atoms. The molecule has 1 fully saturated rings. The first-order chi connectivity index (χ1) is 9.16. The van der Waals surface area contributed by atoms with Gasteiger partial charge in [-0.15, -0.1) is 0 Å². The van der Waals surface area contributed by atoms with Gasteiger partial charge in [-0.3, -0.25) is 4.79 Å². The highest BCUT2D eigenvalue weighted by atomic mass is 16.1. The van der Waals surface area contributed by atoms with Crippen molar-refractivity contribution in [3.05, 3.63) is 35.9 Å². The number of hydrogen-bond acceptors (Lipinski definition) is 2. The quantitative estimate of drug-likeness (QED) is 0.903. The van der Waals surface area contributed by atoms with Gasteiger partial charge in [-0.2, -0.15) is 0 Å². The summed E-state index contributed by atoms with van der Waals surface area (Å²) in [6.45, 7) is 3.16. The molecule has 1 saturated heterocycles. The lowest BCUT2D eigenvalue weighted by atomic mass is 9.99. The largest absolute Gasteiger partial charge is 0.350 e. The van der Waals surface area contributed by atoms with Gasteiger partial charge in [0.1, 0.15) is 0 Å². The predicted octanol–water partition coefficient (Wildman–Crippen LogP) is 2.74. The number of nitrogens with one attached hydrogen (secondary N) is 1. The minimum Gasteiger partial charge on any atom is -0.350 e. The third kappa shape index (κ3) is 4.06. The summed E-state index contributed by atoms with van der Waals surface area (Å²) in [4.78, 5) is 14.4. The second-order valence-electron chi connectivity index (χ2n) is 5.53. The number of hydrogen-bond donors (Lipinski definition) is 1. The van der Waals surface area contributed by atoms with Crippen LogP contribution in [-0.2, 0) is 4.79 Å². The Morgan fingerprint density at radius 2 is 2.11 bits per heavy atom. The van der Waals surface area contributed by atoms with Crippen LogP contribution in [0, 0.1) is 0 Å². The molecule has 1 aliphatic heterocycles. The van der Waals surface area contributed by atoms with Gasteiger partial charge in [0.15, 0.2) is 0 Å². The number of likely N-dealkylation sites (tertiary alicyclic amines) is 1. The normalized spacial score (nSPS) is 21.9. The fraction of sp³-hybridized carbons (Fsp3) is 0.562. The van der Waals surface area contributed by atoms with Crippen molar-refractivity contribution in [1.82, 2.24) is 10.2 Å². The van der Waals surface area contributed by atoms with Crippen molar-refractivity contribution in [3.8, 4) is 0 Å². The average molecular weight is 260 g/mol. The minimum absolute atomic E-state index is 0.0857. The molecule has 1 N–H and O–H groups in total. The molecular formula is C16H24N2O. The van der Waals surface area contributed by atoms with Gasteiger partial charge in [0.25, 0.3) is 0 Å². The lowest BCUT2D eigenvalue weighted by molar-refractivity contribution is -0.123. The van der Waals surface area contributed by atoms with Crippen LogP contribution in [0.15, 0.2) is 30.3 Å². The van der Waals surface area contributed by atoms with Crippen molar-refractivity contribution in [1.29, 1.82) is 0 Å². The highest BCUT2D eigenvalue weighted by Crippen LogP contribution is 2.18. The minimum atomic E-state index is 0.0857. The van der Waals surface area contributed by atoms with Crippen LogP contribution < -0.4 is 5.32 Å². The third-order valence-electron chi connectivity index (χ3n) is 4.02. The maximum atomic E-state index is 12.1. The highest BCUT2D eigenvalue weighted by Gasteiger charge is 2.22. The predicted molar refractivity (Wildman–Crippen MR) is 77.9 cm³/mol. The van der Waals surface area contributed by atoms with E-state index in [1.807, 2.05) is 25.1 Å². The smallest absolute Gasteiger partial charge is 0.222 e. The van der Waals surface area contributed by atoms with Gasteiger partial charge in [0.05, 0.1) is 6.04 Å². The summed E-state index contributed by atoms with van der Waals surface area (Å²) in [5, 5.41) is 3.10. The monoisotopic (exact) mass is 260 g/mol. The van der Waals surface area contributed by atoms with Crippen LogP contribution in [0.4, 0.5) is 0 Å². The molecule has 1 amide bonds. The fourth-order valence-electron chi connectivity index (χ4n) is 2.74. The molecule has 0 spiro atoms. The maximum Gasteiger partial charge on any atom is 0.222 e. The first-order valence-corrected chi connectivity index (χ1v) is 7.21. The van der Waals surface area contributed by atoms with Crippen LogP contribution in [0.5, 0.6) is 0 Å². The van der Waals surface area contributed by atoms with Crippen molar-refractivity contribution in [2.45, 2.75) is 44.7 Å². The van der Waals surface area contributed by atoms with Crippen molar-refractivity contribution in [3.63, 3.8) is 0 Å². The Labute approximate surface area is 116 Å². The van der Waals surface area contributed by atoms with Crippen LogP contribution in [0.2, 0.25) is 0 Å². The van der Waals surface area contributed by atoms with Crippen molar-refractivity contribution in [2.75, 3.05) is 13.6 Å². The van der Waals surface area contributed by atoms with E-state index in [0.29, 0.717) is 12.5 Å². The molecule has 104 valence electrons. The summed E-state index contributed by atoms with van der Waals surface area (Å²) in [7, 11) is 2.12. The Balaban J connectivity index is 1.84. The van der Waals surface area contributed by atoms with Gasteiger partial charge < -0.3 is 10.2 Å². The second-order valence-corrected chi connectivity index (χ2v) is 5.53. The summed E-state index contributed by atoms with van der Waals surface area (Å²) in [5.41, 5.74) is 1.16. The van der Waals surface area contributed by atoms with Crippen LogP contribution in [0.1, 0.15) is 44.2 Å². The van der Waals surface area contributed by atoms with E-state index in [-0.39, 0.29) is 11.9 Å². The molecule has 0 aromatic heterocycles. The Morgan fingerprint density at radius 3 is 2.79 bits per heavy atom. The van der Waals surface area contributed by atoms with E-state index in [1.54, 1.807) is 0 Å². The molecule has 1 heterocycles. The molecule has 1 aromatic rings. The first-order valence-electron chi connectivity index (χ1n) is 7.21. The second kappa shape index (κ2) is 6.71. The molecule has 0 radical (unpaired) electrons. The zero-order valence-electron chi connectivity index (χ0n) is 11.9. The Hall–Kier alpha value is -1.35. The number of carbonyl (C=O) groups is 1. The maximum absolute atomic E-state index is 12.1. The molecule has 0 saturated carbocycles. The van der Waals surface area contributed by atoms with E-state index < -0.39 is 0 Å². The summed E-state index contributed by atoms with van der Waals surface area (Å²) >= 11 is 0. The van der Waals surface area contributed by atoms with Crippen LogP contribution >= 0.6 is 0 Å². The molecule has 1 aliphatic rings. The van der Waals surface area contributed by atoms with Gasteiger partial charge in [0.2, 0.25) is 5.91 Å². The molecule has 0 aliphatic carbocycles. The summed E-state index contributed by atoms with van der Waals surface area (Å²) in [6, 6.07) is 10.6. The molecule has 1 aromatic carbocycles. The lowest BCUT2D eigenvalue weighted by Crippen LogP contribution is -2.40. The summed E-state index contributed by atoms with van der Waals surface area (Å²) < 4.78 is 0. The van der Waals surface area contributed by atoms with Crippen LogP contribution in [0.3, 0.4) is 0 Å². The fourth-order valence-corrected chi connectivity index (χ4v) is 2.74. The molecular weight excluding hydrogens is 236 g/mol. The van der Waals surface area contributed by atoms with E-state index in [4.69, 9.17) is 0 Å². The zero-order chi connectivity index (χ0) is 13.7. The molecule has 0 bridgehead atoms. The topological polar surface area (TPSA) is 32.3 Å². The molecule has 2 unspecified atom stereocenters. The van der Waals surface area contributed by atoms with Crippen molar-refractivity contribution in [2.24, 2.45) is 0 Å². The molecule has 3 heteroatoms. The van der Waals surface area contributed by atoms with Crippen LogP contribution in [-0.4, -0.2) is 30.4 Å². The number of benzene rings is 1. The Morgan fingerprint density at radius 1 is 1.37 bits per heavy atom. The van der Waals surface area contributed by atoms with E-state index >= 15 is 0 Å². The average Bonchev–Trinajstić information content (AvgIpc) is 2.42. The highest BCUT2D eigenvalue weighted by molar-refractivity contribution is 5.77. The third-order valence-corrected chi connectivity index (χ3v) is 4.02. The Bertz CT molecular complexity index is 404. The molecule has 2 rings (SSSR count). The summed E-state index contributed by atoms with van der Waals surface area (Å²) in [6.07, 6.45) is 4.27. The molecule has 2 atom stereocenters. The number of carbonyl (C=O) groups excluding carboxylic acids is 1. The van der Waals surface area contributed by atoms with Gasteiger partial charge in [-0.1, -0.05) is 36.8 Å². The van der Waals surface area contributed by atoms with E-state index in [1.165, 1.54) is 12.8 Å².